The van der Waals surface area contributed by atoms with E-state index in [9.17, 15) is 23.4 Å². The summed E-state index contributed by atoms with van der Waals surface area (Å²) < 4.78 is 12.7. The minimum atomic E-state index is -1.41. The summed E-state index contributed by atoms with van der Waals surface area (Å²) in [6.07, 6.45) is 2.72. The van der Waals surface area contributed by atoms with Crippen molar-refractivity contribution in [2.75, 3.05) is 13.1 Å². The topological polar surface area (TPSA) is 121 Å². The molecular weight excluding hydrogens is 492 g/mol. The molecule has 1 fully saturated rings. The van der Waals surface area contributed by atoms with Crippen molar-refractivity contribution in [2.45, 2.75) is 43.2 Å². The van der Waals surface area contributed by atoms with E-state index >= 15 is 0 Å². The molecule has 2 amide bonds. The van der Waals surface area contributed by atoms with E-state index in [0.29, 0.717) is 42.0 Å². The Kier molecular flexibility index (Phi) is 9.56. The summed E-state index contributed by atoms with van der Waals surface area (Å²) in [6, 6.07) is 12.9. The van der Waals surface area contributed by atoms with E-state index in [4.69, 9.17) is 16.7 Å². The van der Waals surface area contributed by atoms with Crippen LogP contribution in [0.5, 0.6) is 0 Å². The molecule has 0 spiro atoms. The first-order valence-electron chi connectivity index (χ1n) is 11.3. The minimum absolute atomic E-state index is 0.0545. The lowest BCUT2D eigenvalue weighted by atomic mass is 10.0. The number of unbranched alkanes of at least 4 members (excludes halogenated alkanes) is 2. The summed E-state index contributed by atoms with van der Waals surface area (Å²) in [5.74, 6) is -1.35. The lowest BCUT2D eigenvalue weighted by molar-refractivity contribution is -0.145. The smallest absolute Gasteiger partial charge is 0.335 e. The second kappa shape index (κ2) is 12.6. The molecule has 2 N–H and O–H groups in total. The van der Waals surface area contributed by atoms with Gasteiger partial charge < -0.3 is 15.3 Å². The van der Waals surface area contributed by atoms with Crippen molar-refractivity contribution in [3.05, 3.63) is 70.2 Å². The SMILES string of the molecule is O=C(CN1C(=O)CC1S(=O)Cc1ccc(C(=O)O)cc1)NCCCCCC(=O)c1ccc(Cl)cc1. The molecule has 3 rings (SSSR count). The van der Waals surface area contributed by atoms with E-state index in [1.807, 2.05) is 0 Å². The Labute approximate surface area is 211 Å². The van der Waals surface area contributed by atoms with E-state index in [1.54, 1.807) is 36.4 Å². The highest BCUT2D eigenvalue weighted by Gasteiger charge is 2.41. The maximum atomic E-state index is 12.7. The third-order valence-corrected chi connectivity index (χ3v) is 7.61. The number of rotatable bonds is 13. The van der Waals surface area contributed by atoms with Gasteiger partial charge in [0.1, 0.15) is 11.9 Å². The lowest BCUT2D eigenvalue weighted by Gasteiger charge is -2.39. The standard InChI is InChI=1S/C25H27ClN2O6S/c26-20-11-9-18(10-12-20)21(29)4-2-1-3-13-27-22(30)15-28-23(31)14-24(28)35(34)16-17-5-7-19(8-6-17)25(32)33/h5-12,24H,1-4,13-16H2,(H,27,30)(H,32,33). The Hall–Kier alpha value is -3.04. The van der Waals surface area contributed by atoms with Crippen molar-refractivity contribution >= 4 is 46.0 Å². The zero-order valence-electron chi connectivity index (χ0n) is 19.1. The highest BCUT2D eigenvalue weighted by Crippen LogP contribution is 2.24. The van der Waals surface area contributed by atoms with Crippen LogP contribution < -0.4 is 5.32 Å². The van der Waals surface area contributed by atoms with Gasteiger partial charge in [0.05, 0.1) is 17.7 Å². The van der Waals surface area contributed by atoms with Crippen molar-refractivity contribution in [1.82, 2.24) is 10.2 Å². The molecular formula is C25H27ClN2O6S. The number of carboxylic acids is 1. The van der Waals surface area contributed by atoms with Gasteiger partial charge >= 0.3 is 5.97 Å². The first kappa shape index (κ1) is 26.6. The van der Waals surface area contributed by atoms with Gasteiger partial charge in [-0.2, -0.15) is 0 Å². The van der Waals surface area contributed by atoms with Crippen LogP contribution in [-0.2, 0) is 26.1 Å². The molecule has 2 atom stereocenters. The molecule has 0 saturated carbocycles. The third-order valence-electron chi connectivity index (χ3n) is 5.71. The number of carbonyl (C=O) groups is 4. The predicted octanol–water partition coefficient (Wildman–Crippen LogP) is 3.40. The van der Waals surface area contributed by atoms with Crippen molar-refractivity contribution in [1.29, 1.82) is 0 Å². The van der Waals surface area contributed by atoms with Gasteiger partial charge in [-0.1, -0.05) is 30.2 Å². The average molecular weight is 519 g/mol. The normalized spacial score (nSPS) is 15.9. The maximum Gasteiger partial charge on any atom is 0.335 e. The van der Waals surface area contributed by atoms with E-state index in [2.05, 4.69) is 5.32 Å². The summed E-state index contributed by atoms with van der Waals surface area (Å²) in [5, 5.41) is 11.8. The van der Waals surface area contributed by atoms with Crippen LogP contribution in [0.15, 0.2) is 48.5 Å². The fourth-order valence-electron chi connectivity index (χ4n) is 3.66. The largest absolute Gasteiger partial charge is 0.478 e. The van der Waals surface area contributed by atoms with Gasteiger partial charge in [0, 0.05) is 34.4 Å². The molecule has 0 aliphatic carbocycles. The van der Waals surface area contributed by atoms with E-state index in [0.717, 1.165) is 6.42 Å². The second-order valence-corrected chi connectivity index (χ2v) is 10.3. The van der Waals surface area contributed by atoms with Crippen LogP contribution in [0.4, 0.5) is 0 Å². The lowest BCUT2D eigenvalue weighted by Crippen LogP contribution is -2.57. The molecule has 10 heteroatoms. The third kappa shape index (κ3) is 7.73. The summed E-state index contributed by atoms with van der Waals surface area (Å²) in [7, 11) is -1.41. The molecule has 1 aliphatic heterocycles. The summed E-state index contributed by atoms with van der Waals surface area (Å²) >= 11 is 5.83. The Morgan fingerprint density at radius 2 is 1.66 bits per heavy atom. The van der Waals surface area contributed by atoms with Gasteiger partial charge in [0.25, 0.3) is 0 Å². The molecule has 186 valence electrons. The van der Waals surface area contributed by atoms with Gasteiger partial charge in [-0.25, -0.2) is 4.79 Å². The predicted molar refractivity (Wildman–Crippen MR) is 133 cm³/mol. The van der Waals surface area contributed by atoms with Crippen molar-refractivity contribution in [3.63, 3.8) is 0 Å². The first-order valence-corrected chi connectivity index (χ1v) is 13.0. The van der Waals surface area contributed by atoms with E-state index in [-0.39, 0.29) is 41.9 Å². The molecule has 2 aromatic rings. The number of aromatic carboxylic acids is 1. The number of halogens is 1. The van der Waals surface area contributed by atoms with Gasteiger partial charge in [0.2, 0.25) is 11.8 Å². The number of nitrogens with one attached hydrogen (secondary N) is 1. The molecule has 0 aromatic heterocycles. The number of amides is 2. The van der Waals surface area contributed by atoms with Gasteiger partial charge in [0.15, 0.2) is 5.78 Å². The van der Waals surface area contributed by atoms with Crippen LogP contribution in [-0.4, -0.2) is 56.2 Å². The molecule has 1 saturated heterocycles. The zero-order chi connectivity index (χ0) is 25.4. The number of ketones is 1. The van der Waals surface area contributed by atoms with Crippen molar-refractivity contribution < 1.29 is 28.5 Å². The molecule has 0 radical (unpaired) electrons. The highest BCUT2D eigenvalue weighted by molar-refractivity contribution is 7.85. The monoisotopic (exact) mass is 518 g/mol. The number of hydrogen-bond donors (Lipinski definition) is 2. The Bertz CT molecular complexity index is 1100. The van der Waals surface area contributed by atoms with Crippen LogP contribution in [0, 0.1) is 0 Å². The fraction of sp³-hybridized carbons (Fsp3) is 0.360. The van der Waals surface area contributed by atoms with Crippen LogP contribution >= 0.6 is 11.6 Å². The zero-order valence-corrected chi connectivity index (χ0v) is 20.6. The second-order valence-electron chi connectivity index (χ2n) is 8.30. The van der Waals surface area contributed by atoms with Crippen LogP contribution in [0.25, 0.3) is 0 Å². The number of likely N-dealkylation sites (tertiary alicyclic amines) is 1. The van der Waals surface area contributed by atoms with E-state index in [1.165, 1.54) is 17.0 Å². The number of β-lactam (4-membered cyclic amide) rings is 1. The highest BCUT2D eigenvalue weighted by atomic mass is 35.5. The number of carbonyl (C=O) groups excluding carboxylic acids is 3. The van der Waals surface area contributed by atoms with Crippen LogP contribution in [0.3, 0.4) is 0 Å². The van der Waals surface area contributed by atoms with Gasteiger partial charge in [-0.05, 0) is 54.8 Å². The maximum absolute atomic E-state index is 12.7. The van der Waals surface area contributed by atoms with Crippen molar-refractivity contribution in [3.8, 4) is 0 Å². The molecule has 8 nitrogen and oxygen atoms in total. The molecule has 2 unspecified atom stereocenters. The fourth-order valence-corrected chi connectivity index (χ4v) is 5.30. The van der Waals surface area contributed by atoms with Crippen LogP contribution in [0.1, 0.15) is 58.4 Å². The van der Waals surface area contributed by atoms with Gasteiger partial charge in [-0.15, -0.1) is 0 Å². The average Bonchev–Trinajstić information content (AvgIpc) is 2.83. The number of carboxylic acid groups (broad SMARTS) is 1. The number of Topliss-reactive ketones (excluding diaryl/α,β-unsaturated/α-hetero) is 1. The molecule has 0 bridgehead atoms. The Morgan fingerprint density at radius 3 is 2.29 bits per heavy atom. The van der Waals surface area contributed by atoms with Gasteiger partial charge in [-0.3, -0.25) is 18.6 Å². The number of hydrogen-bond acceptors (Lipinski definition) is 5. The van der Waals surface area contributed by atoms with Crippen LogP contribution in [0.2, 0.25) is 5.02 Å². The molecule has 1 aliphatic rings. The Morgan fingerprint density at radius 1 is 1.00 bits per heavy atom. The minimum Gasteiger partial charge on any atom is -0.478 e. The summed E-state index contributed by atoms with van der Waals surface area (Å²) in [6.45, 7) is 0.280. The molecule has 2 aromatic carbocycles. The quantitative estimate of drug-likeness (QED) is 0.238. The first-order chi connectivity index (χ1) is 16.7. The summed E-state index contributed by atoms with van der Waals surface area (Å²) in [5.41, 5.74) is 1.47. The molecule has 1 heterocycles. The summed E-state index contributed by atoms with van der Waals surface area (Å²) in [4.78, 5) is 48.6. The van der Waals surface area contributed by atoms with E-state index < -0.39 is 22.1 Å². The number of benzene rings is 2. The molecule has 35 heavy (non-hydrogen) atoms. The Balaban J connectivity index is 1.34. The van der Waals surface area contributed by atoms with Crippen molar-refractivity contribution in [2.24, 2.45) is 0 Å². The number of nitrogens with zero attached hydrogens (tertiary/aromatic N) is 1.